The molecule has 13 heteroatoms. The number of benzene rings is 1. The zero-order valence-corrected chi connectivity index (χ0v) is 16.2. The minimum absolute atomic E-state index is 0.157. The molecule has 2 heterocycles. The molecule has 0 aliphatic rings. The summed E-state index contributed by atoms with van der Waals surface area (Å²) in [6.45, 7) is -0.668. The summed E-state index contributed by atoms with van der Waals surface area (Å²) in [5, 5.41) is 2.86. The fraction of sp³-hybridized carbons (Fsp3) is 0.286. The highest BCUT2D eigenvalue weighted by Gasteiger charge is 2.37. The second-order valence-electron chi connectivity index (χ2n) is 5.68. The van der Waals surface area contributed by atoms with Crippen molar-refractivity contribution < 1.29 is 26.1 Å². The van der Waals surface area contributed by atoms with E-state index in [0.717, 1.165) is 6.26 Å². The SMILES string of the molecule is Cn1c(=O)n(C)c2cc(S(=O)(=O)NCc3conc3C(F)(F)F)c(Br)cc21. The van der Waals surface area contributed by atoms with Gasteiger partial charge in [-0.2, -0.15) is 13.2 Å². The molecule has 0 amide bonds. The fourth-order valence-corrected chi connectivity index (χ4v) is 4.63. The number of alkyl halides is 3. The van der Waals surface area contributed by atoms with E-state index in [-0.39, 0.29) is 15.1 Å². The van der Waals surface area contributed by atoms with Crippen LogP contribution in [0.5, 0.6) is 0 Å². The van der Waals surface area contributed by atoms with Crippen molar-refractivity contribution in [3.8, 4) is 0 Å². The first-order valence-electron chi connectivity index (χ1n) is 7.28. The van der Waals surface area contributed by atoms with Crippen molar-refractivity contribution in [1.29, 1.82) is 0 Å². The minimum atomic E-state index is -4.77. The average Bonchev–Trinajstić information content (AvgIpc) is 3.13. The van der Waals surface area contributed by atoms with Crippen molar-refractivity contribution in [2.45, 2.75) is 17.6 Å². The van der Waals surface area contributed by atoms with Crippen LogP contribution in [0.1, 0.15) is 11.3 Å². The maximum absolute atomic E-state index is 12.8. The summed E-state index contributed by atoms with van der Waals surface area (Å²) in [6, 6.07) is 2.72. The molecular formula is C14H12BrF3N4O4S. The van der Waals surface area contributed by atoms with Gasteiger partial charge in [0.15, 0.2) is 5.69 Å². The van der Waals surface area contributed by atoms with E-state index in [1.54, 1.807) is 0 Å². The molecule has 3 aromatic rings. The molecule has 146 valence electrons. The smallest absolute Gasteiger partial charge is 0.364 e. The molecule has 0 bridgehead atoms. The summed E-state index contributed by atoms with van der Waals surface area (Å²) in [6.07, 6.45) is -4.04. The van der Waals surface area contributed by atoms with Crippen LogP contribution in [0.2, 0.25) is 0 Å². The van der Waals surface area contributed by atoms with Crippen molar-refractivity contribution in [3.63, 3.8) is 0 Å². The Balaban J connectivity index is 1.99. The fourth-order valence-electron chi connectivity index (χ4n) is 2.57. The van der Waals surface area contributed by atoms with E-state index in [0.29, 0.717) is 11.0 Å². The highest BCUT2D eigenvalue weighted by molar-refractivity contribution is 9.10. The van der Waals surface area contributed by atoms with Crippen LogP contribution >= 0.6 is 15.9 Å². The molecule has 0 radical (unpaired) electrons. The molecule has 2 aromatic heterocycles. The molecule has 0 saturated carbocycles. The van der Waals surface area contributed by atoms with E-state index in [1.165, 1.54) is 35.4 Å². The van der Waals surface area contributed by atoms with Crippen molar-refractivity contribution in [2.24, 2.45) is 14.1 Å². The third-order valence-corrected chi connectivity index (χ3v) is 6.34. The molecule has 0 fully saturated rings. The van der Waals surface area contributed by atoms with Gasteiger partial charge in [-0.15, -0.1) is 0 Å². The van der Waals surface area contributed by atoms with Gasteiger partial charge in [-0.1, -0.05) is 5.16 Å². The van der Waals surface area contributed by atoms with Gasteiger partial charge in [0.05, 0.1) is 15.9 Å². The first-order valence-corrected chi connectivity index (χ1v) is 9.56. The molecule has 1 N–H and O–H groups in total. The number of imidazole rings is 1. The Morgan fingerprint density at radius 1 is 1.22 bits per heavy atom. The van der Waals surface area contributed by atoms with Gasteiger partial charge in [0.2, 0.25) is 10.0 Å². The Hall–Kier alpha value is -2.12. The number of hydrogen-bond acceptors (Lipinski definition) is 5. The standard InChI is InChI=1S/C14H12BrF3N4O4S/c1-21-9-3-8(15)11(4-10(9)22(2)13(21)23)27(24,25)19-5-7-6-26-20-12(7)14(16,17)18/h3-4,6,19H,5H2,1-2H3. The van der Waals surface area contributed by atoms with Crippen LogP contribution in [0.3, 0.4) is 0 Å². The van der Waals surface area contributed by atoms with Gasteiger partial charge in [0, 0.05) is 30.7 Å². The molecule has 0 atom stereocenters. The quantitative estimate of drug-likeness (QED) is 0.632. The molecule has 3 rings (SSSR count). The number of nitrogens with zero attached hydrogens (tertiary/aromatic N) is 3. The van der Waals surface area contributed by atoms with E-state index in [9.17, 15) is 26.4 Å². The van der Waals surface area contributed by atoms with Gasteiger partial charge in [-0.05, 0) is 28.1 Å². The second kappa shape index (κ2) is 6.49. The number of hydrogen-bond donors (Lipinski definition) is 1. The van der Waals surface area contributed by atoms with Gasteiger partial charge in [-0.3, -0.25) is 9.13 Å². The molecule has 0 saturated heterocycles. The van der Waals surface area contributed by atoms with Gasteiger partial charge < -0.3 is 4.52 Å². The minimum Gasteiger partial charge on any atom is -0.364 e. The Bertz CT molecular complexity index is 1190. The van der Waals surface area contributed by atoms with Crippen LogP contribution in [0, 0.1) is 0 Å². The monoisotopic (exact) mass is 468 g/mol. The number of nitrogens with one attached hydrogen (secondary N) is 1. The molecule has 0 aliphatic heterocycles. The number of fused-ring (bicyclic) bond motifs is 1. The van der Waals surface area contributed by atoms with Crippen LogP contribution in [0.25, 0.3) is 11.0 Å². The molecule has 8 nitrogen and oxygen atoms in total. The lowest BCUT2D eigenvalue weighted by Crippen LogP contribution is -2.25. The second-order valence-corrected chi connectivity index (χ2v) is 8.27. The average molecular weight is 469 g/mol. The third kappa shape index (κ3) is 3.41. The topological polar surface area (TPSA) is 99.1 Å². The molecule has 0 aliphatic carbocycles. The predicted molar refractivity (Wildman–Crippen MR) is 91.4 cm³/mol. The van der Waals surface area contributed by atoms with Gasteiger partial charge >= 0.3 is 11.9 Å². The zero-order chi connectivity index (χ0) is 20.1. The zero-order valence-electron chi connectivity index (χ0n) is 13.8. The summed E-state index contributed by atoms with van der Waals surface area (Å²) < 4.78 is 72.7. The summed E-state index contributed by atoms with van der Waals surface area (Å²) >= 11 is 3.13. The van der Waals surface area contributed by atoms with E-state index in [1.807, 2.05) is 0 Å². The highest BCUT2D eigenvalue weighted by Crippen LogP contribution is 2.31. The Morgan fingerprint density at radius 3 is 2.41 bits per heavy atom. The molecule has 0 spiro atoms. The lowest BCUT2D eigenvalue weighted by Gasteiger charge is -2.10. The predicted octanol–water partition coefficient (Wildman–Crippen LogP) is 2.12. The molecule has 0 unspecified atom stereocenters. The van der Waals surface area contributed by atoms with Crippen LogP contribution in [-0.4, -0.2) is 22.7 Å². The number of rotatable bonds is 4. The third-order valence-electron chi connectivity index (χ3n) is 3.98. The van der Waals surface area contributed by atoms with Crippen molar-refractivity contribution >= 4 is 37.0 Å². The van der Waals surface area contributed by atoms with Crippen LogP contribution < -0.4 is 10.4 Å². The summed E-state index contributed by atoms with van der Waals surface area (Å²) in [7, 11) is -1.18. The Kier molecular flexibility index (Phi) is 4.72. The number of aryl methyl sites for hydroxylation is 2. The van der Waals surface area contributed by atoms with Gasteiger partial charge in [0.25, 0.3) is 0 Å². The number of aromatic nitrogens is 3. The van der Waals surface area contributed by atoms with Crippen LogP contribution in [0.4, 0.5) is 13.2 Å². The number of sulfonamides is 1. The summed E-state index contributed by atoms with van der Waals surface area (Å²) in [4.78, 5) is 11.8. The van der Waals surface area contributed by atoms with Crippen molar-refractivity contribution in [1.82, 2.24) is 19.0 Å². The number of halogens is 4. The van der Waals surface area contributed by atoms with Gasteiger partial charge in [0.1, 0.15) is 6.26 Å². The molecule has 1 aromatic carbocycles. The van der Waals surface area contributed by atoms with Crippen molar-refractivity contribution in [3.05, 3.63) is 44.6 Å². The van der Waals surface area contributed by atoms with Crippen LogP contribution in [0.15, 0.2) is 37.1 Å². The summed E-state index contributed by atoms with van der Waals surface area (Å²) in [5.41, 5.74) is -1.25. The molecule has 27 heavy (non-hydrogen) atoms. The lowest BCUT2D eigenvalue weighted by molar-refractivity contribution is -0.143. The maximum atomic E-state index is 12.8. The first-order chi connectivity index (χ1) is 12.4. The van der Waals surface area contributed by atoms with E-state index >= 15 is 0 Å². The summed E-state index contributed by atoms with van der Waals surface area (Å²) in [5.74, 6) is 0. The van der Waals surface area contributed by atoms with E-state index in [4.69, 9.17) is 0 Å². The normalized spacial score (nSPS) is 12.8. The maximum Gasteiger partial charge on any atom is 0.437 e. The molecular weight excluding hydrogens is 457 g/mol. The largest absolute Gasteiger partial charge is 0.437 e. The lowest BCUT2D eigenvalue weighted by atomic mass is 10.2. The van der Waals surface area contributed by atoms with Crippen LogP contribution in [-0.2, 0) is 36.8 Å². The Morgan fingerprint density at radius 2 is 1.81 bits per heavy atom. The van der Waals surface area contributed by atoms with E-state index in [2.05, 4.69) is 30.3 Å². The van der Waals surface area contributed by atoms with Crippen molar-refractivity contribution in [2.75, 3.05) is 0 Å². The van der Waals surface area contributed by atoms with E-state index < -0.39 is 34.0 Å². The van der Waals surface area contributed by atoms with Gasteiger partial charge in [-0.25, -0.2) is 17.9 Å². The highest BCUT2D eigenvalue weighted by atomic mass is 79.9. The first kappa shape index (κ1) is 19.6. The Labute approximate surface area is 158 Å².